The average Bonchev–Trinajstić information content (AvgIpc) is 2.87. The van der Waals surface area contributed by atoms with Gasteiger partial charge in [0.2, 0.25) is 5.75 Å². The number of hydrogen-bond acceptors (Lipinski definition) is 4. The van der Waals surface area contributed by atoms with Crippen molar-refractivity contribution in [1.29, 1.82) is 0 Å². The number of phenols is 1. The molecule has 0 aliphatic carbocycles. The largest absolute Gasteiger partial charge is 0.504 e. The molecule has 1 heterocycles. The quantitative estimate of drug-likeness (QED) is 0.940. The molecular formula is C16H13NO4. The van der Waals surface area contributed by atoms with E-state index in [4.69, 9.17) is 9.47 Å². The number of rotatable bonds is 3. The summed E-state index contributed by atoms with van der Waals surface area (Å²) >= 11 is 0. The minimum Gasteiger partial charge on any atom is -0.504 e. The summed E-state index contributed by atoms with van der Waals surface area (Å²) in [5.41, 5.74) is 2.68. The molecule has 0 bridgehead atoms. The molecule has 0 saturated carbocycles. The number of phenolic OH excluding ortho intramolecular Hbond substituents is 1. The van der Waals surface area contributed by atoms with Crippen molar-refractivity contribution in [1.82, 2.24) is 0 Å². The van der Waals surface area contributed by atoms with Crippen LogP contribution >= 0.6 is 0 Å². The van der Waals surface area contributed by atoms with Crippen LogP contribution in [0.1, 0.15) is 15.9 Å². The number of aromatic hydroxyl groups is 1. The molecule has 0 saturated heterocycles. The van der Waals surface area contributed by atoms with Crippen molar-refractivity contribution in [3.8, 4) is 28.4 Å². The summed E-state index contributed by atoms with van der Waals surface area (Å²) < 4.78 is 10.3. The first kappa shape index (κ1) is 13.2. The highest BCUT2D eigenvalue weighted by atomic mass is 16.5. The van der Waals surface area contributed by atoms with Crippen molar-refractivity contribution < 1.29 is 19.4 Å². The zero-order valence-electron chi connectivity index (χ0n) is 11.6. The van der Waals surface area contributed by atoms with Crippen LogP contribution in [0.4, 0.5) is 0 Å². The van der Waals surface area contributed by atoms with Crippen molar-refractivity contribution >= 4 is 12.1 Å². The second kappa shape index (κ2) is 4.94. The van der Waals surface area contributed by atoms with E-state index in [-0.39, 0.29) is 17.4 Å². The monoisotopic (exact) mass is 283 g/mol. The lowest BCUT2D eigenvalue weighted by Gasteiger charge is -2.13. The normalized spacial score (nSPS) is 12.4. The topological polar surface area (TPSA) is 68.1 Å². The van der Waals surface area contributed by atoms with Crippen LogP contribution in [-0.4, -0.2) is 31.4 Å². The number of ether oxygens (including phenoxy) is 2. The van der Waals surface area contributed by atoms with Crippen LogP contribution in [0.15, 0.2) is 35.3 Å². The first-order valence-corrected chi connectivity index (χ1v) is 6.32. The predicted molar refractivity (Wildman–Crippen MR) is 78.6 cm³/mol. The highest BCUT2D eigenvalue weighted by Gasteiger charge is 2.19. The van der Waals surface area contributed by atoms with Gasteiger partial charge in [-0.1, -0.05) is 6.07 Å². The lowest BCUT2D eigenvalue weighted by molar-refractivity contribution is 0.101. The molecule has 106 valence electrons. The van der Waals surface area contributed by atoms with E-state index in [1.54, 1.807) is 24.3 Å². The minimum absolute atomic E-state index is 0.00179. The number of benzene rings is 2. The van der Waals surface area contributed by atoms with Gasteiger partial charge in [-0.15, -0.1) is 0 Å². The Bertz CT molecular complexity index is 765. The molecule has 1 aliphatic rings. The third kappa shape index (κ3) is 2.03. The number of hydrogen-bond donors (Lipinski definition) is 1. The molecule has 0 radical (unpaired) electrons. The molecule has 0 unspecified atom stereocenters. The van der Waals surface area contributed by atoms with Crippen LogP contribution in [0, 0.1) is 0 Å². The Morgan fingerprint density at radius 3 is 2.52 bits per heavy atom. The van der Waals surface area contributed by atoms with Gasteiger partial charge in [0, 0.05) is 17.3 Å². The zero-order valence-corrected chi connectivity index (χ0v) is 11.6. The van der Waals surface area contributed by atoms with Crippen LogP contribution in [0.3, 0.4) is 0 Å². The zero-order chi connectivity index (χ0) is 15.0. The third-order valence-corrected chi connectivity index (χ3v) is 3.43. The van der Waals surface area contributed by atoms with Gasteiger partial charge in [-0.05, 0) is 29.8 Å². The number of carbonyl (C=O) groups excluding carboxylic acids is 1. The second-order valence-corrected chi connectivity index (χ2v) is 4.56. The van der Waals surface area contributed by atoms with Crippen molar-refractivity contribution in [3.05, 3.63) is 41.5 Å². The van der Waals surface area contributed by atoms with Gasteiger partial charge in [0.25, 0.3) is 5.91 Å². The molecule has 21 heavy (non-hydrogen) atoms. The fourth-order valence-corrected chi connectivity index (χ4v) is 2.37. The molecule has 2 aromatic rings. The summed E-state index contributed by atoms with van der Waals surface area (Å²) in [6.45, 7) is 0. The standard InChI is InChI=1S/C16H13NO4/c1-20-13-6-5-11(14(18)15(13)21-2)9-3-4-12-10(7-9)8-17-16(12)19/h3-8,18H,1-2H3. The highest BCUT2D eigenvalue weighted by molar-refractivity contribution is 6.13. The molecule has 2 aromatic carbocycles. The van der Waals surface area contributed by atoms with Gasteiger partial charge in [0.05, 0.1) is 19.8 Å². The van der Waals surface area contributed by atoms with Gasteiger partial charge in [-0.2, -0.15) is 0 Å². The second-order valence-electron chi connectivity index (χ2n) is 4.56. The van der Waals surface area contributed by atoms with E-state index in [2.05, 4.69) is 4.99 Å². The van der Waals surface area contributed by atoms with E-state index in [1.807, 2.05) is 6.07 Å². The molecule has 1 N–H and O–H groups in total. The van der Waals surface area contributed by atoms with E-state index in [9.17, 15) is 9.90 Å². The number of methoxy groups -OCH3 is 2. The van der Waals surface area contributed by atoms with E-state index < -0.39 is 0 Å². The molecular weight excluding hydrogens is 270 g/mol. The number of amides is 1. The smallest absolute Gasteiger partial charge is 0.277 e. The van der Waals surface area contributed by atoms with E-state index >= 15 is 0 Å². The maximum absolute atomic E-state index is 11.5. The molecule has 0 spiro atoms. The molecule has 1 aliphatic heterocycles. The lowest BCUT2D eigenvalue weighted by atomic mass is 9.99. The molecule has 5 heteroatoms. The third-order valence-electron chi connectivity index (χ3n) is 3.43. The van der Waals surface area contributed by atoms with Gasteiger partial charge in [0.1, 0.15) is 0 Å². The van der Waals surface area contributed by atoms with E-state index in [0.717, 1.165) is 11.1 Å². The number of aliphatic imine (C=N–C) groups is 1. The fourth-order valence-electron chi connectivity index (χ4n) is 2.37. The van der Waals surface area contributed by atoms with Gasteiger partial charge in [0.15, 0.2) is 11.5 Å². The Balaban J connectivity index is 2.13. The summed E-state index contributed by atoms with van der Waals surface area (Å²) in [6, 6.07) is 8.75. The Hall–Kier alpha value is -2.82. The van der Waals surface area contributed by atoms with Crippen molar-refractivity contribution in [3.63, 3.8) is 0 Å². The number of fused-ring (bicyclic) bond motifs is 1. The Kier molecular flexibility index (Phi) is 3.10. The summed E-state index contributed by atoms with van der Waals surface area (Å²) in [7, 11) is 2.98. The van der Waals surface area contributed by atoms with Gasteiger partial charge in [-0.3, -0.25) is 4.79 Å². The minimum atomic E-state index is -0.243. The van der Waals surface area contributed by atoms with Gasteiger partial charge < -0.3 is 14.6 Å². The van der Waals surface area contributed by atoms with Crippen LogP contribution < -0.4 is 9.47 Å². The fraction of sp³-hybridized carbons (Fsp3) is 0.125. The Labute approximate surface area is 121 Å². The first-order valence-electron chi connectivity index (χ1n) is 6.32. The maximum atomic E-state index is 11.5. The van der Waals surface area contributed by atoms with Crippen LogP contribution in [0.5, 0.6) is 17.2 Å². The maximum Gasteiger partial charge on any atom is 0.277 e. The van der Waals surface area contributed by atoms with Crippen molar-refractivity contribution in [2.45, 2.75) is 0 Å². The molecule has 5 nitrogen and oxygen atoms in total. The summed E-state index contributed by atoms with van der Waals surface area (Å²) in [4.78, 5) is 15.2. The van der Waals surface area contributed by atoms with Gasteiger partial charge in [-0.25, -0.2) is 4.99 Å². The van der Waals surface area contributed by atoms with Crippen LogP contribution in [-0.2, 0) is 0 Å². The van der Waals surface area contributed by atoms with Crippen LogP contribution in [0.25, 0.3) is 11.1 Å². The highest BCUT2D eigenvalue weighted by Crippen LogP contribution is 2.43. The predicted octanol–water partition coefficient (Wildman–Crippen LogP) is 2.65. The van der Waals surface area contributed by atoms with Gasteiger partial charge >= 0.3 is 0 Å². The number of nitrogens with zero attached hydrogens (tertiary/aromatic N) is 1. The van der Waals surface area contributed by atoms with E-state index in [0.29, 0.717) is 16.9 Å². The molecule has 3 rings (SSSR count). The Morgan fingerprint density at radius 2 is 1.81 bits per heavy atom. The Morgan fingerprint density at radius 1 is 1.05 bits per heavy atom. The molecule has 1 amide bonds. The number of carbonyl (C=O) groups is 1. The summed E-state index contributed by atoms with van der Waals surface area (Å²) in [5, 5.41) is 10.3. The molecule has 0 fully saturated rings. The summed E-state index contributed by atoms with van der Waals surface area (Å²) in [6.07, 6.45) is 1.53. The average molecular weight is 283 g/mol. The van der Waals surface area contributed by atoms with E-state index in [1.165, 1.54) is 20.4 Å². The van der Waals surface area contributed by atoms with Crippen molar-refractivity contribution in [2.24, 2.45) is 4.99 Å². The SMILES string of the molecule is COc1ccc(-c2ccc3c(c2)C=NC3=O)c(O)c1OC. The lowest BCUT2D eigenvalue weighted by Crippen LogP contribution is -1.94. The summed E-state index contributed by atoms with van der Waals surface area (Å²) in [5.74, 6) is 0.489. The van der Waals surface area contributed by atoms with Crippen molar-refractivity contribution in [2.75, 3.05) is 14.2 Å². The van der Waals surface area contributed by atoms with Crippen LogP contribution in [0.2, 0.25) is 0 Å². The molecule has 0 aromatic heterocycles. The molecule has 0 atom stereocenters. The first-order chi connectivity index (χ1) is 10.2.